The van der Waals surface area contributed by atoms with Crippen LogP contribution in [0.1, 0.15) is 56.1 Å². The third-order valence-corrected chi connectivity index (χ3v) is 7.94. The van der Waals surface area contributed by atoms with Crippen molar-refractivity contribution in [3.8, 4) is 0 Å². The molecule has 0 atom stereocenters. The van der Waals surface area contributed by atoms with E-state index in [2.05, 4.69) is 83.6 Å². The van der Waals surface area contributed by atoms with E-state index in [1.165, 1.54) is 39.1 Å². The zero-order chi connectivity index (χ0) is 29.6. The molecule has 2 N–H and O–H groups in total. The Morgan fingerprint density at radius 2 is 1.45 bits per heavy atom. The fourth-order valence-electron chi connectivity index (χ4n) is 5.23. The minimum absolute atomic E-state index is 0. The minimum atomic E-state index is -0.452. The molecule has 0 radical (unpaired) electrons. The van der Waals surface area contributed by atoms with Gasteiger partial charge in [0.1, 0.15) is 5.60 Å². The first-order valence-electron chi connectivity index (χ1n) is 13.9. The summed E-state index contributed by atoms with van der Waals surface area (Å²) in [7, 11) is 1.00. The fourth-order valence-corrected chi connectivity index (χ4v) is 5.89. The predicted molar refractivity (Wildman–Crippen MR) is 179 cm³/mol. The maximum Gasteiger partial charge on any atom is 0.410 e. The normalized spacial score (nSPS) is 17.0. The van der Waals surface area contributed by atoms with E-state index in [4.69, 9.17) is 9.84 Å². The molecule has 6 rings (SSSR count). The minimum Gasteiger partial charge on any atom is -0.444 e. The van der Waals surface area contributed by atoms with E-state index < -0.39 is 5.60 Å². The van der Waals surface area contributed by atoms with Crippen LogP contribution in [0, 0.1) is 0 Å². The van der Waals surface area contributed by atoms with Gasteiger partial charge in [-0.25, -0.2) is 4.79 Å². The molecular formula is C32H39Br2ClN4O3. The van der Waals surface area contributed by atoms with Gasteiger partial charge in [-0.1, -0.05) is 24.3 Å². The number of fused-ring (bicyclic) bond motifs is 2. The number of carbonyl (C=O) groups is 1. The largest absolute Gasteiger partial charge is 0.444 e. The Bertz CT molecular complexity index is 1410. The molecule has 4 heterocycles. The van der Waals surface area contributed by atoms with Crippen molar-refractivity contribution in [1.29, 1.82) is 0 Å². The van der Waals surface area contributed by atoms with Gasteiger partial charge in [0.15, 0.2) is 0 Å². The van der Waals surface area contributed by atoms with Crippen LogP contribution in [-0.2, 0) is 17.6 Å². The molecule has 0 aromatic carbocycles. The van der Waals surface area contributed by atoms with Crippen LogP contribution in [-0.4, -0.2) is 65.0 Å². The van der Waals surface area contributed by atoms with Crippen molar-refractivity contribution in [1.82, 2.24) is 20.2 Å². The number of nitrogens with zero attached hydrogens (tertiary/aromatic N) is 3. The number of pyridine rings is 2. The van der Waals surface area contributed by atoms with Crippen molar-refractivity contribution >= 4 is 61.5 Å². The first-order chi connectivity index (χ1) is 19.7. The molecule has 0 bridgehead atoms. The Balaban J connectivity index is 0.000000224. The Morgan fingerprint density at radius 3 is 1.90 bits per heavy atom. The van der Waals surface area contributed by atoms with Gasteiger partial charge in [-0.05, 0) is 106 Å². The predicted octanol–water partition coefficient (Wildman–Crippen LogP) is 7.08. The summed E-state index contributed by atoms with van der Waals surface area (Å²) in [6, 6.07) is 4.31. The highest BCUT2D eigenvalue weighted by molar-refractivity contribution is 9.10. The topological polar surface area (TPSA) is 87.6 Å². The lowest BCUT2D eigenvalue weighted by Gasteiger charge is -2.30. The molecule has 2 aromatic rings. The Hall–Kier alpha value is -2.30. The second-order valence-electron chi connectivity index (χ2n) is 11.0. The molecule has 0 saturated carbocycles. The second kappa shape index (κ2) is 15.4. The summed E-state index contributed by atoms with van der Waals surface area (Å²) >= 11 is 6.99. The molecule has 0 saturated heterocycles. The van der Waals surface area contributed by atoms with E-state index in [1.807, 2.05) is 33.2 Å². The molecule has 226 valence electrons. The van der Waals surface area contributed by atoms with Gasteiger partial charge < -0.3 is 20.1 Å². The van der Waals surface area contributed by atoms with Crippen molar-refractivity contribution in [3.63, 3.8) is 0 Å². The van der Waals surface area contributed by atoms with Crippen LogP contribution in [0.3, 0.4) is 0 Å². The number of ether oxygens (including phenoxy) is 1. The average Bonchev–Trinajstić information content (AvgIpc) is 3.58. The van der Waals surface area contributed by atoms with Crippen molar-refractivity contribution < 1.29 is 14.6 Å². The monoisotopic (exact) mass is 720 g/mol. The third kappa shape index (κ3) is 8.63. The van der Waals surface area contributed by atoms with Gasteiger partial charge in [0.25, 0.3) is 0 Å². The molecule has 1 amide bonds. The van der Waals surface area contributed by atoms with Crippen LogP contribution >= 0.6 is 44.3 Å². The second-order valence-corrected chi connectivity index (χ2v) is 12.9. The quantitative estimate of drug-likeness (QED) is 0.345. The summed E-state index contributed by atoms with van der Waals surface area (Å²) in [4.78, 5) is 22.8. The Morgan fingerprint density at radius 1 is 0.905 bits per heavy atom. The van der Waals surface area contributed by atoms with Crippen molar-refractivity contribution in [2.24, 2.45) is 0 Å². The van der Waals surface area contributed by atoms with E-state index in [-0.39, 0.29) is 18.5 Å². The highest BCUT2D eigenvalue weighted by Crippen LogP contribution is 2.36. The van der Waals surface area contributed by atoms with Crippen molar-refractivity contribution in [2.45, 2.75) is 52.1 Å². The van der Waals surface area contributed by atoms with Gasteiger partial charge in [-0.15, -0.1) is 12.4 Å². The number of rotatable bonds is 2. The lowest BCUT2D eigenvalue weighted by molar-refractivity contribution is 0.0267. The molecular weight excluding hydrogens is 684 g/mol. The molecule has 0 spiro atoms. The van der Waals surface area contributed by atoms with Crippen LogP contribution in [0.2, 0.25) is 0 Å². The molecule has 2 aliphatic heterocycles. The number of hydrogen-bond acceptors (Lipinski definition) is 6. The summed E-state index contributed by atoms with van der Waals surface area (Å²) in [5, 5.41) is 10.3. The first kappa shape index (κ1) is 34.2. The van der Waals surface area contributed by atoms with E-state index >= 15 is 0 Å². The van der Waals surface area contributed by atoms with Gasteiger partial charge in [0, 0.05) is 72.1 Å². The van der Waals surface area contributed by atoms with E-state index in [9.17, 15) is 4.79 Å². The van der Waals surface area contributed by atoms with E-state index in [1.54, 1.807) is 4.90 Å². The van der Waals surface area contributed by atoms with Crippen LogP contribution in [0.4, 0.5) is 4.79 Å². The van der Waals surface area contributed by atoms with Crippen LogP contribution in [0.15, 0.2) is 68.9 Å². The summed E-state index contributed by atoms with van der Waals surface area (Å²) in [6.45, 7) is 9.03. The van der Waals surface area contributed by atoms with E-state index in [0.717, 1.165) is 60.5 Å². The van der Waals surface area contributed by atoms with Gasteiger partial charge in [-0.2, -0.15) is 0 Å². The number of carbonyl (C=O) groups excluding carboxylic acids is 1. The van der Waals surface area contributed by atoms with Crippen LogP contribution in [0.5, 0.6) is 0 Å². The Labute approximate surface area is 271 Å². The van der Waals surface area contributed by atoms with Gasteiger partial charge in [0.2, 0.25) is 0 Å². The first-order valence-corrected chi connectivity index (χ1v) is 15.5. The zero-order valence-electron chi connectivity index (χ0n) is 24.5. The molecule has 0 fully saturated rings. The molecule has 0 unspecified atom stereocenters. The number of aliphatic hydroxyl groups is 1. The zero-order valence-corrected chi connectivity index (χ0v) is 28.5. The maximum absolute atomic E-state index is 12.1. The smallest absolute Gasteiger partial charge is 0.410 e. The SMILES string of the molecule is Brc1cnc2c(c1)C(C1=CCNCC1)=CC2.CC(C)(C)OC(=O)N1CC=C(C2=CCc3ncc(Br)cc32)CC1.CO.Cl. The molecule has 2 aliphatic carbocycles. The number of hydrogen-bond donors (Lipinski definition) is 2. The van der Waals surface area contributed by atoms with E-state index in [0.29, 0.717) is 13.1 Å². The molecule has 42 heavy (non-hydrogen) atoms. The molecule has 10 heteroatoms. The number of aromatic nitrogens is 2. The maximum atomic E-state index is 12.1. The summed E-state index contributed by atoms with van der Waals surface area (Å²) in [6.07, 6.45) is 16.3. The third-order valence-electron chi connectivity index (χ3n) is 7.07. The summed E-state index contributed by atoms with van der Waals surface area (Å²) < 4.78 is 7.50. The summed E-state index contributed by atoms with van der Waals surface area (Å²) in [5.41, 5.74) is 9.81. The van der Waals surface area contributed by atoms with Crippen LogP contribution in [0.25, 0.3) is 11.1 Å². The van der Waals surface area contributed by atoms with Gasteiger partial charge in [-0.3, -0.25) is 9.97 Å². The fraction of sp³-hybridized carbons (Fsp3) is 0.406. The number of nitrogens with one attached hydrogen (secondary N) is 1. The highest BCUT2D eigenvalue weighted by Gasteiger charge is 2.26. The van der Waals surface area contributed by atoms with Gasteiger partial charge in [0.05, 0.1) is 11.4 Å². The standard InChI is InChI=1S/C18H21BrN2O2.C13H13BrN2.CH4O.ClH/c1-18(2,3)23-17(22)21-8-6-12(7-9-21)14-4-5-16-15(14)10-13(19)11-20-16;14-10-7-12-11(1-2-13(12)16-8-10)9-3-5-15-6-4-9;1-2;/h4,6,10-11H,5,7-9H2,1-3H3;1,3,7-8,15H,2,4-6H2;2H,1H3;1H. The average molecular weight is 723 g/mol. The summed E-state index contributed by atoms with van der Waals surface area (Å²) in [5.74, 6) is 0. The van der Waals surface area contributed by atoms with Crippen molar-refractivity contribution in [3.05, 3.63) is 91.4 Å². The number of allylic oxidation sites excluding steroid dienone is 4. The molecule has 4 aliphatic rings. The molecule has 7 nitrogen and oxygen atoms in total. The Kier molecular flexibility index (Phi) is 12.6. The van der Waals surface area contributed by atoms with Crippen LogP contribution < -0.4 is 5.32 Å². The number of amides is 1. The lowest BCUT2D eigenvalue weighted by Crippen LogP contribution is -2.39. The number of aliphatic hydroxyl groups excluding tert-OH is 1. The van der Waals surface area contributed by atoms with Gasteiger partial charge >= 0.3 is 6.09 Å². The number of halogens is 3. The van der Waals surface area contributed by atoms with Crippen molar-refractivity contribution in [2.75, 3.05) is 33.3 Å². The highest BCUT2D eigenvalue weighted by atomic mass is 79.9. The lowest BCUT2D eigenvalue weighted by atomic mass is 9.96. The molecule has 2 aromatic heterocycles.